The minimum absolute atomic E-state index is 0.591. The van der Waals surface area contributed by atoms with Gasteiger partial charge >= 0.3 is 0 Å². The van der Waals surface area contributed by atoms with Crippen molar-refractivity contribution in [2.24, 2.45) is 0 Å². The van der Waals surface area contributed by atoms with Crippen LogP contribution in [0.25, 0.3) is 0 Å². The van der Waals surface area contributed by atoms with Crippen LogP contribution in [0.4, 0.5) is 0 Å². The molecule has 0 atom stereocenters. The maximum Gasteiger partial charge on any atom is 0.198 e. The molecule has 1 rings (SSSR count). The summed E-state index contributed by atoms with van der Waals surface area (Å²) in [5, 5.41) is 0. The standard InChI is InChI=1S/C10H19N2O/c1-2-11-6-8-12(9-7-11)5-3-4-10-13/h2-9H2,1H3. The lowest BCUT2D eigenvalue weighted by atomic mass is 10.2. The van der Waals surface area contributed by atoms with Crippen molar-refractivity contribution in [3.05, 3.63) is 0 Å². The molecule has 0 bridgehead atoms. The van der Waals surface area contributed by atoms with Crippen LogP contribution in [-0.4, -0.2) is 55.4 Å². The highest BCUT2D eigenvalue weighted by atomic mass is 16.1. The van der Waals surface area contributed by atoms with Crippen LogP contribution < -0.4 is 0 Å². The molecule has 1 aliphatic heterocycles. The first-order chi connectivity index (χ1) is 6.36. The Morgan fingerprint density at radius 3 is 2.31 bits per heavy atom. The van der Waals surface area contributed by atoms with Gasteiger partial charge in [-0.05, 0) is 19.5 Å². The van der Waals surface area contributed by atoms with E-state index in [2.05, 4.69) is 16.7 Å². The molecular formula is C10H19N2O. The number of unbranched alkanes of at least 4 members (excludes halogenated alkanes) is 1. The Morgan fingerprint density at radius 2 is 1.77 bits per heavy atom. The van der Waals surface area contributed by atoms with Crippen LogP contribution in [0, 0.1) is 0 Å². The number of hydrogen-bond acceptors (Lipinski definition) is 3. The van der Waals surface area contributed by atoms with E-state index in [4.69, 9.17) is 0 Å². The zero-order valence-corrected chi connectivity index (χ0v) is 8.46. The molecule has 1 aliphatic rings. The minimum Gasteiger partial charge on any atom is -0.301 e. The van der Waals surface area contributed by atoms with Crippen molar-refractivity contribution < 1.29 is 4.79 Å². The summed E-state index contributed by atoms with van der Waals surface area (Å²) < 4.78 is 0. The van der Waals surface area contributed by atoms with Gasteiger partial charge in [-0.2, -0.15) is 0 Å². The van der Waals surface area contributed by atoms with Crippen LogP contribution >= 0.6 is 0 Å². The summed E-state index contributed by atoms with van der Waals surface area (Å²) >= 11 is 0. The number of carbonyl (C=O) groups excluding carboxylic acids is 1. The van der Waals surface area contributed by atoms with E-state index in [-0.39, 0.29) is 0 Å². The molecule has 0 spiro atoms. The van der Waals surface area contributed by atoms with Crippen LogP contribution in [0.5, 0.6) is 0 Å². The summed E-state index contributed by atoms with van der Waals surface area (Å²) in [6.07, 6.45) is 3.50. The summed E-state index contributed by atoms with van der Waals surface area (Å²) in [5.41, 5.74) is 0. The van der Waals surface area contributed by atoms with E-state index >= 15 is 0 Å². The third-order valence-corrected chi connectivity index (χ3v) is 2.67. The molecule has 0 aromatic carbocycles. The van der Waals surface area contributed by atoms with Crippen LogP contribution in [0.15, 0.2) is 0 Å². The summed E-state index contributed by atoms with van der Waals surface area (Å²) in [6, 6.07) is 0. The first kappa shape index (κ1) is 10.7. The Balaban J connectivity index is 2.06. The number of hydrogen-bond donors (Lipinski definition) is 0. The maximum absolute atomic E-state index is 9.99. The van der Waals surface area contributed by atoms with Gasteiger partial charge in [-0.1, -0.05) is 6.92 Å². The quantitative estimate of drug-likeness (QED) is 0.580. The first-order valence-corrected chi connectivity index (χ1v) is 5.16. The molecule has 0 saturated carbocycles. The molecule has 0 aromatic rings. The van der Waals surface area contributed by atoms with Crippen molar-refractivity contribution in [3.8, 4) is 0 Å². The van der Waals surface area contributed by atoms with Crippen molar-refractivity contribution in [1.29, 1.82) is 0 Å². The highest BCUT2D eigenvalue weighted by Crippen LogP contribution is 2.02. The number of rotatable bonds is 5. The second-order valence-electron chi connectivity index (χ2n) is 3.52. The van der Waals surface area contributed by atoms with Crippen molar-refractivity contribution in [2.75, 3.05) is 39.3 Å². The SMILES string of the molecule is CCN1CCN(CCC[C]=O)CC1. The van der Waals surface area contributed by atoms with Gasteiger partial charge in [0.1, 0.15) is 0 Å². The van der Waals surface area contributed by atoms with Crippen LogP contribution in [0.3, 0.4) is 0 Å². The molecule has 1 fully saturated rings. The molecule has 1 radical (unpaired) electrons. The summed E-state index contributed by atoms with van der Waals surface area (Å²) in [6.45, 7) is 9.11. The molecule has 3 nitrogen and oxygen atoms in total. The maximum atomic E-state index is 9.99. The molecule has 0 aliphatic carbocycles. The monoisotopic (exact) mass is 183 g/mol. The molecule has 1 saturated heterocycles. The highest BCUT2D eigenvalue weighted by Gasteiger charge is 2.14. The van der Waals surface area contributed by atoms with Crippen molar-refractivity contribution in [1.82, 2.24) is 9.80 Å². The molecule has 0 aromatic heterocycles. The number of piperazine rings is 1. The van der Waals surface area contributed by atoms with E-state index in [0.717, 1.165) is 32.6 Å². The smallest absolute Gasteiger partial charge is 0.198 e. The molecule has 3 heteroatoms. The average Bonchev–Trinajstić information content (AvgIpc) is 2.19. The molecule has 0 N–H and O–H groups in total. The zero-order chi connectivity index (χ0) is 9.52. The third-order valence-electron chi connectivity index (χ3n) is 2.67. The third kappa shape index (κ3) is 3.87. The molecule has 0 amide bonds. The van der Waals surface area contributed by atoms with Crippen LogP contribution in [0.2, 0.25) is 0 Å². The predicted molar refractivity (Wildman–Crippen MR) is 53.5 cm³/mol. The Hall–Kier alpha value is -0.410. The zero-order valence-electron chi connectivity index (χ0n) is 8.46. The predicted octanol–water partition coefficient (Wildman–Crippen LogP) is 0.514. The van der Waals surface area contributed by atoms with Gasteiger partial charge < -0.3 is 9.80 Å². The van der Waals surface area contributed by atoms with Gasteiger partial charge in [-0.3, -0.25) is 4.79 Å². The normalized spacial score (nSPS) is 20.4. The Bertz CT molecular complexity index is 142. The lowest BCUT2D eigenvalue weighted by molar-refractivity contribution is 0.137. The first-order valence-electron chi connectivity index (χ1n) is 5.16. The highest BCUT2D eigenvalue weighted by molar-refractivity contribution is 5.50. The van der Waals surface area contributed by atoms with Crippen molar-refractivity contribution in [2.45, 2.75) is 19.8 Å². The second kappa shape index (κ2) is 6.11. The summed E-state index contributed by atoms with van der Waals surface area (Å²) in [7, 11) is 0. The largest absolute Gasteiger partial charge is 0.301 e. The summed E-state index contributed by atoms with van der Waals surface area (Å²) in [4.78, 5) is 14.9. The number of likely N-dealkylation sites (N-methyl/N-ethyl adjacent to an activating group) is 1. The van der Waals surface area contributed by atoms with Crippen LogP contribution in [-0.2, 0) is 4.79 Å². The van der Waals surface area contributed by atoms with E-state index in [9.17, 15) is 4.79 Å². The molecular weight excluding hydrogens is 164 g/mol. The van der Waals surface area contributed by atoms with Gasteiger partial charge in [0.25, 0.3) is 0 Å². The lowest BCUT2D eigenvalue weighted by Gasteiger charge is -2.33. The van der Waals surface area contributed by atoms with Crippen molar-refractivity contribution in [3.63, 3.8) is 0 Å². The minimum atomic E-state index is 0.591. The van der Waals surface area contributed by atoms with Gasteiger partial charge in [0.2, 0.25) is 0 Å². The summed E-state index contributed by atoms with van der Waals surface area (Å²) in [5.74, 6) is 0. The van der Waals surface area contributed by atoms with Gasteiger partial charge in [0, 0.05) is 32.6 Å². The topological polar surface area (TPSA) is 23.6 Å². The van der Waals surface area contributed by atoms with E-state index in [0.29, 0.717) is 6.42 Å². The molecule has 1 heterocycles. The van der Waals surface area contributed by atoms with Crippen LogP contribution in [0.1, 0.15) is 19.8 Å². The van der Waals surface area contributed by atoms with E-state index in [1.54, 1.807) is 0 Å². The Kier molecular flexibility index (Phi) is 5.01. The molecule has 75 valence electrons. The second-order valence-corrected chi connectivity index (χ2v) is 3.52. The Labute approximate surface area is 80.7 Å². The lowest BCUT2D eigenvalue weighted by Crippen LogP contribution is -2.46. The molecule has 13 heavy (non-hydrogen) atoms. The van der Waals surface area contributed by atoms with Crippen molar-refractivity contribution >= 4 is 6.29 Å². The van der Waals surface area contributed by atoms with Gasteiger partial charge in [0.05, 0.1) is 0 Å². The van der Waals surface area contributed by atoms with Gasteiger partial charge in [0.15, 0.2) is 6.29 Å². The molecule has 0 unspecified atom stereocenters. The average molecular weight is 183 g/mol. The van der Waals surface area contributed by atoms with E-state index in [1.165, 1.54) is 13.1 Å². The fraction of sp³-hybridized carbons (Fsp3) is 0.900. The van der Waals surface area contributed by atoms with E-state index in [1.807, 2.05) is 6.29 Å². The van der Waals surface area contributed by atoms with Gasteiger partial charge in [-0.25, -0.2) is 0 Å². The fourth-order valence-electron chi connectivity index (χ4n) is 1.70. The fourth-order valence-corrected chi connectivity index (χ4v) is 1.70. The number of nitrogens with zero attached hydrogens (tertiary/aromatic N) is 2. The van der Waals surface area contributed by atoms with Gasteiger partial charge in [-0.15, -0.1) is 0 Å². The Morgan fingerprint density at radius 1 is 1.15 bits per heavy atom. The van der Waals surface area contributed by atoms with E-state index < -0.39 is 0 Å².